The molecule has 0 bridgehead atoms. The molecule has 5 nitrogen and oxygen atoms in total. The summed E-state index contributed by atoms with van der Waals surface area (Å²) in [6, 6.07) is -0.454. The molecule has 4 N–H and O–H groups in total. The quantitative estimate of drug-likeness (QED) is 0.582. The van der Waals surface area contributed by atoms with Crippen LogP contribution in [0.3, 0.4) is 0 Å². The highest BCUT2D eigenvalue weighted by atomic mass is 16.4. The van der Waals surface area contributed by atoms with Crippen molar-refractivity contribution in [1.82, 2.24) is 5.32 Å². The van der Waals surface area contributed by atoms with Crippen LogP contribution in [0, 0.1) is 11.8 Å². The molecule has 0 spiro atoms. The first kappa shape index (κ1) is 16.9. The van der Waals surface area contributed by atoms with Crippen molar-refractivity contribution in [3.63, 3.8) is 0 Å². The molecular weight excluding hydrogens is 232 g/mol. The lowest BCUT2D eigenvalue weighted by molar-refractivity contribution is -0.137. The van der Waals surface area contributed by atoms with Gasteiger partial charge in [0.2, 0.25) is 5.91 Å². The van der Waals surface area contributed by atoms with Crippen molar-refractivity contribution in [2.75, 3.05) is 6.54 Å². The Morgan fingerprint density at radius 2 is 1.89 bits per heavy atom. The number of aliphatic carboxylic acids is 1. The third-order valence-electron chi connectivity index (χ3n) is 3.35. The normalized spacial score (nSPS) is 15.8. The second kappa shape index (κ2) is 8.91. The number of carboxylic acid groups (broad SMARTS) is 1. The minimum absolute atomic E-state index is 0.116. The van der Waals surface area contributed by atoms with E-state index in [-0.39, 0.29) is 18.2 Å². The lowest BCUT2D eigenvalue weighted by Crippen LogP contribution is -2.45. The van der Waals surface area contributed by atoms with Crippen LogP contribution in [0.25, 0.3) is 0 Å². The molecule has 0 radical (unpaired) electrons. The molecule has 5 heteroatoms. The summed E-state index contributed by atoms with van der Waals surface area (Å²) in [6.07, 6.45) is 2.49. The summed E-state index contributed by atoms with van der Waals surface area (Å²) in [5.41, 5.74) is 5.80. The molecule has 0 aromatic rings. The van der Waals surface area contributed by atoms with Gasteiger partial charge in [0.1, 0.15) is 0 Å². The molecular formula is C13H26N2O3. The molecule has 106 valence electrons. The van der Waals surface area contributed by atoms with E-state index in [1.165, 1.54) is 0 Å². The van der Waals surface area contributed by atoms with E-state index in [9.17, 15) is 9.59 Å². The maximum Gasteiger partial charge on any atom is 0.303 e. The Morgan fingerprint density at radius 1 is 1.28 bits per heavy atom. The molecule has 0 saturated heterocycles. The molecule has 0 saturated carbocycles. The molecule has 0 aromatic heterocycles. The van der Waals surface area contributed by atoms with E-state index in [0.29, 0.717) is 18.9 Å². The van der Waals surface area contributed by atoms with Gasteiger partial charge in [-0.15, -0.1) is 0 Å². The number of amides is 1. The van der Waals surface area contributed by atoms with Gasteiger partial charge in [-0.1, -0.05) is 27.2 Å². The van der Waals surface area contributed by atoms with Crippen LogP contribution in [0.1, 0.15) is 46.5 Å². The van der Waals surface area contributed by atoms with Crippen LogP contribution >= 0.6 is 0 Å². The summed E-state index contributed by atoms with van der Waals surface area (Å²) in [5, 5.41) is 11.4. The minimum atomic E-state index is -0.773. The zero-order valence-corrected chi connectivity index (χ0v) is 11.6. The summed E-state index contributed by atoms with van der Waals surface area (Å²) in [6.45, 7) is 6.51. The third kappa shape index (κ3) is 7.27. The van der Waals surface area contributed by atoms with Crippen molar-refractivity contribution in [2.45, 2.75) is 52.5 Å². The van der Waals surface area contributed by atoms with Crippen molar-refractivity contribution in [2.24, 2.45) is 17.6 Å². The number of rotatable bonds is 9. The van der Waals surface area contributed by atoms with Gasteiger partial charge < -0.3 is 16.2 Å². The lowest BCUT2D eigenvalue weighted by atomic mass is 9.99. The van der Waals surface area contributed by atoms with Crippen LogP contribution in [-0.2, 0) is 9.59 Å². The van der Waals surface area contributed by atoms with Gasteiger partial charge in [-0.2, -0.15) is 0 Å². The summed E-state index contributed by atoms with van der Waals surface area (Å²) >= 11 is 0. The SMILES string of the molecule is CC[C@H](C)[C@H](N)C(=O)NCCC(C)CCC(=O)O. The number of nitrogens with one attached hydrogen (secondary N) is 1. The molecule has 3 atom stereocenters. The van der Waals surface area contributed by atoms with E-state index in [1.54, 1.807) is 0 Å². The van der Waals surface area contributed by atoms with Crippen LogP contribution in [-0.4, -0.2) is 29.6 Å². The van der Waals surface area contributed by atoms with Crippen LogP contribution < -0.4 is 11.1 Å². The molecule has 1 amide bonds. The highest BCUT2D eigenvalue weighted by Crippen LogP contribution is 2.09. The zero-order valence-electron chi connectivity index (χ0n) is 11.6. The van der Waals surface area contributed by atoms with E-state index >= 15 is 0 Å². The summed E-state index contributed by atoms with van der Waals surface area (Å²) < 4.78 is 0. The van der Waals surface area contributed by atoms with Crippen molar-refractivity contribution < 1.29 is 14.7 Å². The summed E-state index contributed by atoms with van der Waals surface area (Å²) in [5.74, 6) is -0.421. The maximum absolute atomic E-state index is 11.7. The Morgan fingerprint density at radius 3 is 2.39 bits per heavy atom. The van der Waals surface area contributed by atoms with E-state index in [2.05, 4.69) is 5.32 Å². The van der Waals surface area contributed by atoms with Crippen molar-refractivity contribution in [1.29, 1.82) is 0 Å². The number of carbonyl (C=O) groups is 2. The fourth-order valence-electron chi connectivity index (χ4n) is 1.59. The van der Waals surface area contributed by atoms with Gasteiger partial charge in [0, 0.05) is 13.0 Å². The fourth-order valence-corrected chi connectivity index (χ4v) is 1.59. The number of hydrogen-bond acceptors (Lipinski definition) is 3. The highest BCUT2D eigenvalue weighted by Gasteiger charge is 2.18. The van der Waals surface area contributed by atoms with Crippen LogP contribution in [0.4, 0.5) is 0 Å². The Bertz CT molecular complexity index is 269. The van der Waals surface area contributed by atoms with Crippen molar-refractivity contribution in [3.05, 3.63) is 0 Å². The molecule has 0 fully saturated rings. The van der Waals surface area contributed by atoms with Crippen LogP contribution in [0.2, 0.25) is 0 Å². The van der Waals surface area contributed by atoms with Crippen molar-refractivity contribution >= 4 is 11.9 Å². The smallest absolute Gasteiger partial charge is 0.303 e. The van der Waals surface area contributed by atoms with E-state index < -0.39 is 12.0 Å². The van der Waals surface area contributed by atoms with Crippen LogP contribution in [0.5, 0.6) is 0 Å². The second-order valence-corrected chi connectivity index (χ2v) is 5.03. The summed E-state index contributed by atoms with van der Waals surface area (Å²) in [7, 11) is 0. The average Bonchev–Trinajstić information content (AvgIpc) is 2.34. The molecule has 1 unspecified atom stereocenters. The number of nitrogens with two attached hydrogens (primary N) is 1. The average molecular weight is 258 g/mol. The fraction of sp³-hybridized carbons (Fsp3) is 0.846. The maximum atomic E-state index is 11.7. The lowest BCUT2D eigenvalue weighted by Gasteiger charge is -2.18. The standard InChI is InChI=1S/C13H26N2O3/c1-4-10(3)12(14)13(18)15-8-7-9(2)5-6-11(16)17/h9-10,12H,4-8,14H2,1-3H3,(H,15,18)(H,16,17)/t9?,10-,12-/m0/s1. The van der Waals surface area contributed by atoms with Crippen molar-refractivity contribution in [3.8, 4) is 0 Å². The van der Waals surface area contributed by atoms with Gasteiger partial charge in [0.05, 0.1) is 6.04 Å². The predicted molar refractivity (Wildman–Crippen MR) is 71.1 cm³/mol. The van der Waals surface area contributed by atoms with Gasteiger partial charge in [-0.3, -0.25) is 9.59 Å². The Labute approximate surface area is 109 Å². The van der Waals surface area contributed by atoms with Gasteiger partial charge in [-0.05, 0) is 24.7 Å². The molecule has 0 aliphatic rings. The first-order valence-corrected chi connectivity index (χ1v) is 6.63. The minimum Gasteiger partial charge on any atom is -0.481 e. The molecule has 0 aliphatic heterocycles. The molecule has 0 aliphatic carbocycles. The van der Waals surface area contributed by atoms with E-state index in [4.69, 9.17) is 10.8 Å². The van der Waals surface area contributed by atoms with Gasteiger partial charge in [0.15, 0.2) is 0 Å². The zero-order chi connectivity index (χ0) is 14.1. The molecule has 18 heavy (non-hydrogen) atoms. The monoisotopic (exact) mass is 258 g/mol. The van der Waals surface area contributed by atoms with Gasteiger partial charge >= 0.3 is 5.97 Å². The highest BCUT2D eigenvalue weighted by molar-refractivity contribution is 5.81. The molecule has 0 heterocycles. The first-order valence-electron chi connectivity index (χ1n) is 6.63. The van der Waals surface area contributed by atoms with E-state index in [0.717, 1.165) is 12.8 Å². The first-order chi connectivity index (χ1) is 8.38. The number of carbonyl (C=O) groups excluding carboxylic acids is 1. The van der Waals surface area contributed by atoms with Gasteiger partial charge in [0.25, 0.3) is 0 Å². The Hall–Kier alpha value is -1.10. The second-order valence-electron chi connectivity index (χ2n) is 5.03. The summed E-state index contributed by atoms with van der Waals surface area (Å²) in [4.78, 5) is 22.1. The van der Waals surface area contributed by atoms with E-state index in [1.807, 2.05) is 20.8 Å². The van der Waals surface area contributed by atoms with Crippen LogP contribution in [0.15, 0.2) is 0 Å². The van der Waals surface area contributed by atoms with Gasteiger partial charge in [-0.25, -0.2) is 0 Å². The molecule has 0 aromatic carbocycles. The topological polar surface area (TPSA) is 92.4 Å². The third-order valence-corrected chi connectivity index (χ3v) is 3.35. The largest absolute Gasteiger partial charge is 0.481 e. The predicted octanol–water partition coefficient (Wildman–Crippen LogP) is 1.37. The number of carboxylic acids is 1. The Balaban J connectivity index is 3.76. The number of hydrogen-bond donors (Lipinski definition) is 3. The Kier molecular flexibility index (Phi) is 8.37. The molecule has 0 rings (SSSR count).